The highest BCUT2D eigenvalue weighted by molar-refractivity contribution is 5.94. The van der Waals surface area contributed by atoms with Crippen LogP contribution in [0.15, 0.2) is 55.0 Å². The van der Waals surface area contributed by atoms with E-state index >= 15 is 0 Å². The second-order valence-electron chi connectivity index (χ2n) is 6.54. The molecule has 0 radical (unpaired) electrons. The summed E-state index contributed by atoms with van der Waals surface area (Å²) in [6.45, 7) is 0. The first kappa shape index (κ1) is 17.0. The molecule has 0 spiro atoms. The fraction of sp³-hybridized carbons (Fsp3) is 0.263. The van der Waals surface area contributed by atoms with Crippen LogP contribution in [0.1, 0.15) is 34.9 Å². The molecule has 2 N–H and O–H groups in total. The van der Waals surface area contributed by atoms with Gasteiger partial charge in [0, 0.05) is 37.6 Å². The average molecular weight is 364 g/mol. The molecular formula is C19H20N6O2. The fourth-order valence-corrected chi connectivity index (χ4v) is 3.36. The number of benzene rings is 1. The highest BCUT2D eigenvalue weighted by atomic mass is 16.2. The molecule has 4 rings (SSSR count). The van der Waals surface area contributed by atoms with Crippen LogP contribution in [0.2, 0.25) is 0 Å². The van der Waals surface area contributed by atoms with Crippen molar-refractivity contribution in [3.63, 3.8) is 0 Å². The van der Waals surface area contributed by atoms with Crippen molar-refractivity contribution in [2.45, 2.75) is 24.9 Å². The van der Waals surface area contributed by atoms with Crippen LogP contribution in [-0.2, 0) is 11.8 Å². The predicted octanol–water partition coefficient (Wildman–Crippen LogP) is 1.36. The molecule has 0 unspecified atom stereocenters. The van der Waals surface area contributed by atoms with Crippen molar-refractivity contribution in [1.29, 1.82) is 0 Å². The van der Waals surface area contributed by atoms with E-state index < -0.39 is 0 Å². The highest BCUT2D eigenvalue weighted by Crippen LogP contribution is 2.24. The Balaban J connectivity index is 1.50. The number of hydrogen-bond acceptors (Lipinski definition) is 4. The summed E-state index contributed by atoms with van der Waals surface area (Å²) in [6.07, 6.45) is 6.20. The van der Waals surface area contributed by atoms with E-state index in [9.17, 15) is 9.59 Å². The van der Waals surface area contributed by atoms with E-state index in [4.69, 9.17) is 0 Å². The molecule has 138 valence electrons. The second kappa shape index (κ2) is 7.06. The van der Waals surface area contributed by atoms with Crippen molar-refractivity contribution in [1.82, 2.24) is 30.2 Å². The average Bonchev–Trinajstić information content (AvgIpc) is 3.35. The van der Waals surface area contributed by atoms with Gasteiger partial charge in [0.25, 0.3) is 5.91 Å². The van der Waals surface area contributed by atoms with Crippen molar-refractivity contribution in [2.75, 3.05) is 0 Å². The summed E-state index contributed by atoms with van der Waals surface area (Å²) in [7, 11) is 1.82. The molecular weight excluding hydrogens is 344 g/mol. The molecule has 0 bridgehead atoms. The zero-order valence-corrected chi connectivity index (χ0v) is 14.9. The molecule has 0 saturated carbocycles. The number of nitrogens with zero attached hydrogens (tertiary/aromatic N) is 4. The lowest BCUT2D eigenvalue weighted by Gasteiger charge is -2.32. The van der Waals surface area contributed by atoms with Gasteiger partial charge in [-0.05, 0) is 42.8 Å². The molecule has 3 heterocycles. The number of aryl methyl sites for hydroxylation is 1. The molecule has 1 saturated heterocycles. The van der Waals surface area contributed by atoms with Crippen LogP contribution in [0.25, 0.3) is 5.69 Å². The minimum absolute atomic E-state index is 0.0183. The highest BCUT2D eigenvalue weighted by Gasteiger charge is 2.32. The minimum atomic E-state index is -0.300. The van der Waals surface area contributed by atoms with Crippen LogP contribution in [-0.4, -0.2) is 37.4 Å². The van der Waals surface area contributed by atoms with Gasteiger partial charge in [-0.1, -0.05) is 0 Å². The van der Waals surface area contributed by atoms with Gasteiger partial charge in [-0.15, -0.1) is 0 Å². The number of nitrogens with one attached hydrogen (secondary N) is 2. The van der Waals surface area contributed by atoms with Gasteiger partial charge in [-0.2, -0.15) is 10.2 Å². The number of piperidine rings is 1. The summed E-state index contributed by atoms with van der Waals surface area (Å²) in [5.74, 6) is -0.189. The van der Waals surface area contributed by atoms with Crippen LogP contribution in [0.4, 0.5) is 0 Å². The van der Waals surface area contributed by atoms with Crippen LogP contribution >= 0.6 is 0 Å². The number of carbonyl (C=O) groups is 2. The first-order valence-corrected chi connectivity index (χ1v) is 8.80. The second-order valence-corrected chi connectivity index (χ2v) is 6.54. The van der Waals surface area contributed by atoms with E-state index in [1.54, 1.807) is 33.9 Å². The normalized spacial score (nSPS) is 19.5. The number of aromatic nitrogens is 4. The van der Waals surface area contributed by atoms with E-state index in [0.717, 1.165) is 11.4 Å². The lowest BCUT2D eigenvalue weighted by molar-refractivity contribution is -0.123. The smallest absolute Gasteiger partial charge is 0.251 e. The van der Waals surface area contributed by atoms with Gasteiger partial charge in [0.1, 0.15) is 0 Å². The van der Waals surface area contributed by atoms with Gasteiger partial charge < -0.3 is 10.6 Å². The molecule has 1 fully saturated rings. The maximum atomic E-state index is 12.7. The van der Waals surface area contributed by atoms with Crippen LogP contribution < -0.4 is 10.6 Å². The van der Waals surface area contributed by atoms with Gasteiger partial charge in [0.05, 0.1) is 23.5 Å². The molecule has 1 aliphatic heterocycles. The third-order valence-electron chi connectivity index (χ3n) is 4.79. The van der Waals surface area contributed by atoms with Crippen molar-refractivity contribution in [2.24, 2.45) is 7.05 Å². The van der Waals surface area contributed by atoms with Crippen molar-refractivity contribution in [3.8, 4) is 5.69 Å². The summed E-state index contributed by atoms with van der Waals surface area (Å²) in [5.41, 5.74) is 2.31. The Morgan fingerprint density at radius 1 is 1.19 bits per heavy atom. The molecule has 2 aromatic heterocycles. The summed E-state index contributed by atoms with van der Waals surface area (Å²) >= 11 is 0. The standard InChI is InChI=1S/C19H20N6O2/c1-24-16(9-11-20-24)18-15(7-8-17(26)23-18)22-19(27)13-3-5-14(6-4-13)25-12-2-10-21-25/h2-6,9-12,15,18H,7-8H2,1H3,(H,22,27)(H,23,26)/t15-,18-/m1/s1. The monoisotopic (exact) mass is 364 g/mol. The Morgan fingerprint density at radius 2 is 2.00 bits per heavy atom. The third kappa shape index (κ3) is 3.46. The maximum absolute atomic E-state index is 12.7. The Labute approximate surface area is 156 Å². The molecule has 2 amide bonds. The molecule has 8 nitrogen and oxygen atoms in total. The third-order valence-corrected chi connectivity index (χ3v) is 4.79. The summed E-state index contributed by atoms with van der Waals surface area (Å²) in [5, 5.41) is 14.4. The Kier molecular flexibility index (Phi) is 4.45. The fourth-order valence-electron chi connectivity index (χ4n) is 3.36. The van der Waals surface area contributed by atoms with Crippen molar-refractivity contribution >= 4 is 11.8 Å². The van der Waals surface area contributed by atoms with Crippen LogP contribution in [0.5, 0.6) is 0 Å². The number of rotatable bonds is 4. The Morgan fingerprint density at radius 3 is 2.67 bits per heavy atom. The first-order chi connectivity index (χ1) is 13.1. The minimum Gasteiger partial charge on any atom is -0.347 e. The van der Waals surface area contributed by atoms with Gasteiger partial charge in [-0.3, -0.25) is 14.3 Å². The number of hydrogen-bond donors (Lipinski definition) is 2. The topological polar surface area (TPSA) is 93.8 Å². The lowest BCUT2D eigenvalue weighted by atomic mass is 9.95. The molecule has 8 heteroatoms. The number of amides is 2. The van der Waals surface area contributed by atoms with Crippen molar-refractivity contribution in [3.05, 3.63) is 66.2 Å². The predicted molar refractivity (Wildman–Crippen MR) is 98.1 cm³/mol. The van der Waals surface area contributed by atoms with E-state index in [1.165, 1.54) is 0 Å². The van der Waals surface area contributed by atoms with E-state index in [-0.39, 0.29) is 23.9 Å². The first-order valence-electron chi connectivity index (χ1n) is 8.80. The zero-order valence-electron chi connectivity index (χ0n) is 14.9. The van der Waals surface area contributed by atoms with Gasteiger partial charge >= 0.3 is 0 Å². The molecule has 27 heavy (non-hydrogen) atoms. The molecule has 2 atom stereocenters. The molecule has 1 aromatic carbocycles. The summed E-state index contributed by atoms with van der Waals surface area (Å²) < 4.78 is 3.45. The van der Waals surface area contributed by atoms with Gasteiger partial charge in [-0.25, -0.2) is 4.68 Å². The number of carbonyl (C=O) groups excluding carboxylic acids is 2. The van der Waals surface area contributed by atoms with Gasteiger partial charge in [0.15, 0.2) is 0 Å². The van der Waals surface area contributed by atoms with E-state index in [2.05, 4.69) is 20.8 Å². The van der Waals surface area contributed by atoms with E-state index in [0.29, 0.717) is 18.4 Å². The zero-order chi connectivity index (χ0) is 18.8. The molecule has 0 aliphatic carbocycles. The molecule has 3 aromatic rings. The SMILES string of the molecule is Cn1nccc1[C@@H]1NC(=O)CC[C@H]1NC(=O)c1ccc(-n2cccn2)cc1. The van der Waals surface area contributed by atoms with E-state index in [1.807, 2.05) is 37.5 Å². The van der Waals surface area contributed by atoms with Crippen LogP contribution in [0.3, 0.4) is 0 Å². The molecule has 1 aliphatic rings. The van der Waals surface area contributed by atoms with Gasteiger partial charge in [0.2, 0.25) is 5.91 Å². The summed E-state index contributed by atoms with van der Waals surface area (Å²) in [4.78, 5) is 24.6. The lowest BCUT2D eigenvalue weighted by Crippen LogP contribution is -2.50. The van der Waals surface area contributed by atoms with Crippen molar-refractivity contribution < 1.29 is 9.59 Å². The van der Waals surface area contributed by atoms with Crippen LogP contribution in [0, 0.1) is 0 Å². The summed E-state index contributed by atoms with van der Waals surface area (Å²) in [6, 6.07) is 10.4. The largest absolute Gasteiger partial charge is 0.347 e. The Bertz CT molecular complexity index is 945. The Hall–Kier alpha value is -3.42. The maximum Gasteiger partial charge on any atom is 0.251 e. The quantitative estimate of drug-likeness (QED) is 0.731.